The SMILES string of the molecule is CB1O[C@H](CN)c2cccc(OCC(=O)O)c21. The van der Waals surface area contributed by atoms with E-state index in [2.05, 4.69) is 0 Å². The van der Waals surface area contributed by atoms with E-state index < -0.39 is 5.97 Å². The Bertz CT molecular complexity index is 437. The van der Waals surface area contributed by atoms with Gasteiger partial charge in [0, 0.05) is 6.54 Å². The summed E-state index contributed by atoms with van der Waals surface area (Å²) in [5, 5.41) is 8.61. The molecule has 0 aromatic heterocycles. The van der Waals surface area contributed by atoms with Gasteiger partial charge in [0.2, 0.25) is 0 Å². The Morgan fingerprint density at radius 3 is 3.06 bits per heavy atom. The Morgan fingerprint density at radius 1 is 1.65 bits per heavy atom. The van der Waals surface area contributed by atoms with Gasteiger partial charge in [0.25, 0.3) is 0 Å². The van der Waals surface area contributed by atoms with Crippen molar-refractivity contribution in [2.75, 3.05) is 13.2 Å². The number of carboxylic acids is 1. The van der Waals surface area contributed by atoms with Crippen LogP contribution in [0.4, 0.5) is 0 Å². The van der Waals surface area contributed by atoms with Crippen LogP contribution in [0, 0.1) is 0 Å². The zero-order valence-electron chi connectivity index (χ0n) is 9.55. The van der Waals surface area contributed by atoms with E-state index >= 15 is 0 Å². The average molecular weight is 235 g/mol. The molecule has 6 heteroatoms. The molecule has 0 radical (unpaired) electrons. The van der Waals surface area contributed by atoms with E-state index in [1.807, 2.05) is 19.0 Å². The predicted octanol–water partition coefficient (Wildman–Crippen LogP) is 0.00830. The van der Waals surface area contributed by atoms with Crippen LogP contribution in [0.3, 0.4) is 0 Å². The maximum atomic E-state index is 10.5. The quantitative estimate of drug-likeness (QED) is 0.718. The number of fused-ring (bicyclic) bond motifs is 1. The fraction of sp³-hybridized carbons (Fsp3) is 0.364. The molecule has 0 amide bonds. The lowest BCUT2D eigenvalue weighted by Crippen LogP contribution is -2.27. The number of carbonyl (C=O) groups is 1. The van der Waals surface area contributed by atoms with Gasteiger partial charge in [-0.15, -0.1) is 0 Å². The molecule has 0 bridgehead atoms. The van der Waals surface area contributed by atoms with E-state index in [4.69, 9.17) is 20.2 Å². The first kappa shape index (κ1) is 11.9. The topological polar surface area (TPSA) is 81.8 Å². The molecule has 0 aliphatic carbocycles. The van der Waals surface area contributed by atoms with E-state index in [-0.39, 0.29) is 19.6 Å². The normalized spacial score (nSPS) is 18.0. The molecular weight excluding hydrogens is 221 g/mol. The van der Waals surface area contributed by atoms with Crippen molar-refractivity contribution in [3.8, 4) is 5.75 Å². The monoisotopic (exact) mass is 235 g/mol. The van der Waals surface area contributed by atoms with Gasteiger partial charge in [0.1, 0.15) is 5.75 Å². The van der Waals surface area contributed by atoms with Crippen molar-refractivity contribution in [3.63, 3.8) is 0 Å². The second kappa shape index (κ2) is 4.77. The van der Waals surface area contributed by atoms with Crippen molar-refractivity contribution in [3.05, 3.63) is 23.8 Å². The van der Waals surface area contributed by atoms with E-state index in [1.54, 1.807) is 6.07 Å². The van der Waals surface area contributed by atoms with E-state index in [9.17, 15) is 4.79 Å². The van der Waals surface area contributed by atoms with Crippen LogP contribution in [0.1, 0.15) is 11.7 Å². The summed E-state index contributed by atoms with van der Waals surface area (Å²) in [5.74, 6) is -0.433. The Balaban J connectivity index is 2.30. The Hall–Kier alpha value is -1.53. The van der Waals surface area contributed by atoms with Gasteiger partial charge in [0.05, 0.1) is 6.10 Å². The molecule has 3 N–H and O–H groups in total. The van der Waals surface area contributed by atoms with Crippen LogP contribution in [-0.2, 0) is 9.45 Å². The zero-order valence-corrected chi connectivity index (χ0v) is 9.55. The summed E-state index contributed by atoms with van der Waals surface area (Å²) < 4.78 is 10.9. The number of nitrogens with two attached hydrogens (primary N) is 1. The van der Waals surface area contributed by atoms with Crippen molar-refractivity contribution < 1.29 is 19.3 Å². The highest BCUT2D eigenvalue weighted by Gasteiger charge is 2.33. The van der Waals surface area contributed by atoms with Gasteiger partial charge in [-0.1, -0.05) is 19.0 Å². The molecule has 0 unspecified atom stereocenters. The number of ether oxygens (including phenoxy) is 1. The first-order valence-corrected chi connectivity index (χ1v) is 5.46. The molecule has 1 aliphatic heterocycles. The highest BCUT2D eigenvalue weighted by molar-refractivity contribution is 6.68. The molecule has 1 aromatic rings. The highest BCUT2D eigenvalue weighted by atomic mass is 16.5. The predicted molar refractivity (Wildman–Crippen MR) is 63.7 cm³/mol. The number of carboxylic acid groups (broad SMARTS) is 1. The van der Waals surface area contributed by atoms with E-state index in [0.717, 1.165) is 11.0 Å². The molecule has 1 aliphatic rings. The molecule has 0 saturated heterocycles. The van der Waals surface area contributed by atoms with Crippen LogP contribution in [0.2, 0.25) is 6.82 Å². The molecule has 0 spiro atoms. The van der Waals surface area contributed by atoms with Crippen LogP contribution in [0.15, 0.2) is 18.2 Å². The smallest absolute Gasteiger partial charge is 0.341 e. The molecule has 5 nitrogen and oxygen atoms in total. The van der Waals surface area contributed by atoms with Crippen molar-refractivity contribution in [2.45, 2.75) is 12.9 Å². The fourth-order valence-electron chi connectivity index (χ4n) is 2.11. The van der Waals surface area contributed by atoms with Gasteiger partial charge in [-0.25, -0.2) is 4.79 Å². The largest absolute Gasteiger partial charge is 0.482 e. The minimum atomic E-state index is -0.996. The van der Waals surface area contributed by atoms with E-state index in [1.165, 1.54) is 0 Å². The number of aliphatic carboxylic acids is 1. The molecule has 2 rings (SSSR count). The first-order chi connectivity index (χ1) is 8.13. The third-order valence-corrected chi connectivity index (χ3v) is 2.79. The molecule has 0 fully saturated rings. The third kappa shape index (κ3) is 2.27. The van der Waals surface area contributed by atoms with Crippen molar-refractivity contribution in [1.29, 1.82) is 0 Å². The summed E-state index contributed by atoms with van der Waals surface area (Å²) in [7, 11) is 0. The van der Waals surface area contributed by atoms with Crippen molar-refractivity contribution >= 4 is 18.3 Å². The summed E-state index contributed by atoms with van der Waals surface area (Å²) in [6.07, 6.45) is -0.131. The second-order valence-electron chi connectivity index (χ2n) is 3.94. The maximum Gasteiger partial charge on any atom is 0.341 e. The van der Waals surface area contributed by atoms with Crippen LogP contribution < -0.4 is 15.9 Å². The molecule has 1 aromatic carbocycles. The minimum absolute atomic E-state index is 0.122. The zero-order chi connectivity index (χ0) is 12.4. The Kier molecular flexibility index (Phi) is 3.35. The average Bonchev–Trinajstić information content (AvgIpc) is 2.64. The fourth-order valence-corrected chi connectivity index (χ4v) is 2.11. The molecular formula is C11H14BNO4. The Labute approximate surface area is 99.6 Å². The number of rotatable bonds is 4. The van der Waals surface area contributed by atoms with Crippen LogP contribution in [0.5, 0.6) is 5.75 Å². The lowest BCUT2D eigenvalue weighted by atomic mass is 9.63. The second-order valence-corrected chi connectivity index (χ2v) is 3.94. The summed E-state index contributed by atoms with van der Waals surface area (Å²) in [5.41, 5.74) is 7.52. The van der Waals surface area contributed by atoms with Gasteiger partial charge in [-0.3, -0.25) is 0 Å². The van der Waals surface area contributed by atoms with Gasteiger partial charge in [-0.2, -0.15) is 0 Å². The number of hydrogen-bond acceptors (Lipinski definition) is 4. The summed E-state index contributed by atoms with van der Waals surface area (Å²) in [4.78, 5) is 10.5. The summed E-state index contributed by atoms with van der Waals surface area (Å²) in [6.45, 7) is 1.83. The van der Waals surface area contributed by atoms with Gasteiger partial charge in [-0.05, 0) is 17.1 Å². The van der Waals surface area contributed by atoms with Gasteiger partial charge >= 0.3 is 12.9 Å². The maximum absolute atomic E-state index is 10.5. The molecule has 17 heavy (non-hydrogen) atoms. The Morgan fingerprint density at radius 2 is 2.41 bits per heavy atom. The number of benzene rings is 1. The molecule has 0 saturated carbocycles. The van der Waals surface area contributed by atoms with E-state index in [0.29, 0.717) is 12.3 Å². The van der Waals surface area contributed by atoms with Gasteiger partial charge < -0.3 is 20.2 Å². The van der Waals surface area contributed by atoms with Crippen LogP contribution in [0.25, 0.3) is 0 Å². The molecule has 90 valence electrons. The number of hydrogen-bond donors (Lipinski definition) is 2. The summed E-state index contributed by atoms with van der Waals surface area (Å²) >= 11 is 0. The molecule has 1 atom stereocenters. The third-order valence-electron chi connectivity index (χ3n) is 2.79. The van der Waals surface area contributed by atoms with Crippen molar-refractivity contribution in [1.82, 2.24) is 0 Å². The minimum Gasteiger partial charge on any atom is -0.482 e. The summed E-state index contributed by atoms with van der Waals surface area (Å²) in [6, 6.07) is 5.50. The standard InChI is InChI=1S/C11H14BNO4/c1-12-11-7(9(5-13)17-12)3-2-4-8(11)16-6-10(14)15/h2-4,9H,5-6,13H2,1H3,(H,14,15)/t9-/m1/s1. The van der Waals surface area contributed by atoms with Gasteiger partial charge in [0.15, 0.2) is 6.61 Å². The lowest BCUT2D eigenvalue weighted by molar-refractivity contribution is -0.139. The molecule has 1 heterocycles. The van der Waals surface area contributed by atoms with Crippen LogP contribution >= 0.6 is 0 Å². The van der Waals surface area contributed by atoms with Crippen LogP contribution in [-0.4, -0.2) is 31.1 Å². The van der Waals surface area contributed by atoms with Crippen molar-refractivity contribution in [2.24, 2.45) is 5.73 Å². The first-order valence-electron chi connectivity index (χ1n) is 5.46. The lowest BCUT2D eigenvalue weighted by Gasteiger charge is -2.10. The highest BCUT2D eigenvalue weighted by Crippen LogP contribution is 2.27.